The first kappa shape index (κ1) is 44.6. The quantitative estimate of drug-likeness (QED) is 0.112. The molecule has 3 heterocycles. The van der Waals surface area contributed by atoms with Crippen LogP contribution in [0.4, 0.5) is 4.39 Å². The van der Waals surface area contributed by atoms with E-state index in [1.807, 2.05) is 56.4 Å². The fourth-order valence-electron chi connectivity index (χ4n) is 8.89. The van der Waals surface area contributed by atoms with E-state index in [4.69, 9.17) is 6.35 Å². The summed E-state index contributed by atoms with van der Waals surface area (Å²) in [5.41, 5.74) is 12.1. The van der Waals surface area contributed by atoms with Crippen molar-refractivity contribution in [2.45, 2.75) is 78.9 Å². The molecule has 10 rings (SSSR count). The number of aromatic nitrogens is 3. The molecule has 3 aromatic heterocycles. The van der Waals surface area contributed by atoms with E-state index in [0.29, 0.717) is 0 Å². The summed E-state index contributed by atoms with van der Waals surface area (Å²) in [5, 5.41) is 5.76. The van der Waals surface area contributed by atoms with Crippen molar-refractivity contribution < 1.29 is 25.9 Å². The van der Waals surface area contributed by atoms with E-state index in [0.717, 1.165) is 64.8 Å². The van der Waals surface area contributed by atoms with E-state index in [1.54, 1.807) is 23.5 Å². The fraction of sp³-hybridized carbons (Fsp3) is 0.207. The van der Waals surface area contributed by atoms with E-state index in [1.165, 1.54) is 38.5 Å². The van der Waals surface area contributed by atoms with Gasteiger partial charge in [0.1, 0.15) is 5.82 Å². The minimum atomic E-state index is -1.50. The maximum absolute atomic E-state index is 14.3. The molecule has 0 bridgehead atoms. The molecule has 7 heteroatoms. The number of hydrogen-bond donors (Lipinski definition) is 0. The smallest absolute Gasteiger partial charge is 0.124 e. The predicted molar refractivity (Wildman–Crippen MR) is 275 cm³/mol. The summed E-state index contributed by atoms with van der Waals surface area (Å²) in [5.74, 6) is 0.541. The van der Waals surface area contributed by atoms with Crippen molar-refractivity contribution in [3.8, 4) is 39.5 Å². The van der Waals surface area contributed by atoms with Gasteiger partial charge in [-0.2, -0.15) is 11.3 Å². The molecule has 0 N–H and O–H groups in total. The zero-order chi connectivity index (χ0) is 45.8. The number of fused-ring (bicyclic) bond motifs is 6. The van der Waals surface area contributed by atoms with Gasteiger partial charge in [0.2, 0.25) is 0 Å². The van der Waals surface area contributed by atoms with E-state index in [2.05, 4.69) is 160 Å². The number of hydrogen-bond acceptors (Lipinski definition) is 3. The number of benzene rings is 7. The van der Waals surface area contributed by atoms with Crippen LogP contribution < -0.4 is 5.19 Å². The van der Waals surface area contributed by atoms with Crippen LogP contribution in [-0.2, 0) is 20.1 Å². The SMILES string of the molecule is CC(C)c1cc(-c2ccccc2)cc(C(C)C)c1-n1c(-c2[c-]ccc3c2sc2cc(F)ccc23)nc2ccc3ccccc3c21.[2H]C(C)(C)c1cc(-c2[c-]cccc2)ncc1[Si](C)(C)C.[Ir]. The first-order chi connectivity index (χ1) is 31.1. The van der Waals surface area contributed by atoms with Crippen molar-refractivity contribution >= 4 is 66.6 Å². The molecule has 329 valence electrons. The largest absolute Gasteiger partial charge is 0.332 e. The molecule has 0 aliphatic rings. The summed E-state index contributed by atoms with van der Waals surface area (Å²) < 4.78 is 27.2. The number of nitrogens with zero attached hydrogens (tertiary/aromatic N) is 3. The molecule has 3 nitrogen and oxygen atoms in total. The van der Waals surface area contributed by atoms with Crippen LogP contribution in [0.25, 0.3) is 81.4 Å². The third-order valence-electron chi connectivity index (χ3n) is 12.1. The van der Waals surface area contributed by atoms with Gasteiger partial charge >= 0.3 is 0 Å². The Morgan fingerprint density at radius 2 is 1.38 bits per heavy atom. The normalized spacial score (nSPS) is 12.2. The summed E-state index contributed by atoms with van der Waals surface area (Å²) in [4.78, 5) is 10.0. The first-order valence-corrected chi connectivity index (χ1v) is 26.5. The van der Waals surface area contributed by atoms with Crippen LogP contribution in [0, 0.1) is 17.9 Å². The van der Waals surface area contributed by atoms with E-state index < -0.39 is 14.0 Å². The molecular weight excluding hydrogens is 1010 g/mol. The Balaban J connectivity index is 0.000000238. The summed E-state index contributed by atoms with van der Waals surface area (Å²) in [7, 11) is -1.50. The average Bonchev–Trinajstić information content (AvgIpc) is 3.87. The molecule has 0 fully saturated rings. The van der Waals surface area contributed by atoms with Crippen LogP contribution in [0.2, 0.25) is 19.6 Å². The molecular formula is C58H54FIrN3SSi-2. The van der Waals surface area contributed by atoms with Gasteiger partial charge in [-0.05, 0) is 96.7 Å². The Bertz CT molecular complexity index is 3340. The number of rotatable bonds is 8. The van der Waals surface area contributed by atoms with E-state index >= 15 is 0 Å². The Labute approximate surface area is 403 Å². The van der Waals surface area contributed by atoms with Gasteiger partial charge in [0.05, 0.1) is 24.9 Å². The van der Waals surface area contributed by atoms with Gasteiger partial charge in [0, 0.05) is 43.4 Å². The minimum Gasteiger partial charge on any atom is -0.332 e. The first-order valence-electron chi connectivity index (χ1n) is 22.7. The second-order valence-electron chi connectivity index (χ2n) is 18.6. The van der Waals surface area contributed by atoms with Crippen LogP contribution >= 0.6 is 11.3 Å². The average molecular weight is 1070 g/mol. The molecule has 0 aliphatic carbocycles. The van der Waals surface area contributed by atoms with Crippen molar-refractivity contribution in [1.29, 1.82) is 0 Å². The Hall–Kier alpha value is -5.56. The van der Waals surface area contributed by atoms with Crippen LogP contribution in [0.3, 0.4) is 0 Å². The number of halogens is 1. The summed E-state index contributed by atoms with van der Waals surface area (Å²) in [6.45, 7) is 19.9. The molecule has 0 aliphatic heterocycles. The van der Waals surface area contributed by atoms with Gasteiger partial charge in [-0.1, -0.05) is 150 Å². The zero-order valence-corrected chi connectivity index (χ0v) is 42.7. The number of thiophene rings is 1. The van der Waals surface area contributed by atoms with Crippen LogP contribution in [-0.4, -0.2) is 22.6 Å². The van der Waals surface area contributed by atoms with Crippen molar-refractivity contribution in [3.63, 3.8) is 0 Å². The predicted octanol–water partition coefficient (Wildman–Crippen LogP) is 16.3. The van der Waals surface area contributed by atoms with Gasteiger partial charge in [0.25, 0.3) is 0 Å². The molecule has 1 radical (unpaired) electrons. The molecule has 0 unspecified atom stereocenters. The molecule has 7 aromatic carbocycles. The summed E-state index contributed by atoms with van der Waals surface area (Å²) in [6.07, 6.45) is 1.98. The maximum atomic E-state index is 14.3. The third-order valence-corrected chi connectivity index (χ3v) is 15.3. The van der Waals surface area contributed by atoms with Gasteiger partial charge in [-0.3, -0.25) is 4.98 Å². The van der Waals surface area contributed by atoms with Crippen LogP contribution in [0.1, 0.15) is 77.3 Å². The molecule has 0 amide bonds. The Morgan fingerprint density at radius 1 is 0.677 bits per heavy atom. The zero-order valence-electron chi connectivity index (χ0n) is 39.5. The number of pyridine rings is 1. The van der Waals surface area contributed by atoms with Crippen molar-refractivity contribution in [2.24, 2.45) is 0 Å². The second-order valence-corrected chi connectivity index (χ2v) is 24.7. The maximum Gasteiger partial charge on any atom is 0.124 e. The van der Waals surface area contributed by atoms with Gasteiger partial charge in [-0.25, -0.2) is 4.39 Å². The van der Waals surface area contributed by atoms with E-state index in [-0.39, 0.29) is 37.8 Å². The monoisotopic (exact) mass is 1070 g/mol. The Morgan fingerprint density at radius 3 is 2.06 bits per heavy atom. The topological polar surface area (TPSA) is 30.7 Å². The van der Waals surface area contributed by atoms with Crippen molar-refractivity contribution in [2.75, 3.05) is 0 Å². The van der Waals surface area contributed by atoms with Crippen LogP contribution in [0.5, 0.6) is 0 Å². The standard InChI is InChI=1S/C41H32FN2S.C17H22NSi.Ir/c1-24(2)34-21-28(26-11-6-5-7-12-26)22-35(25(3)4)38(34)44-39-30-14-9-8-13-27(30)17-20-36(39)43-41(44)33-16-10-15-32-31-19-18-29(42)23-37(31)45-40(32)33;1-13(2)15-11-16(14-9-7-6-8-10-14)18-12-17(15)19(3,4)5;/h5-15,17-25H,1-4H3;6-9,11-13H,1-5H3;/q2*-1;/i;13D;. The van der Waals surface area contributed by atoms with Gasteiger partial charge < -0.3 is 9.55 Å². The number of imidazole rings is 1. The fourth-order valence-corrected chi connectivity index (χ4v) is 11.7. The van der Waals surface area contributed by atoms with Gasteiger partial charge in [-0.15, -0.1) is 54.1 Å². The molecule has 65 heavy (non-hydrogen) atoms. The third kappa shape index (κ3) is 8.92. The van der Waals surface area contributed by atoms with Gasteiger partial charge in [0.15, 0.2) is 0 Å². The molecule has 0 saturated carbocycles. The van der Waals surface area contributed by atoms with Crippen molar-refractivity contribution in [3.05, 3.63) is 180 Å². The molecule has 0 atom stereocenters. The van der Waals surface area contributed by atoms with Crippen LogP contribution in [0.15, 0.2) is 146 Å². The van der Waals surface area contributed by atoms with Crippen molar-refractivity contribution in [1.82, 2.24) is 14.5 Å². The molecule has 10 aromatic rings. The minimum absolute atomic E-state index is 0. The summed E-state index contributed by atoms with van der Waals surface area (Å²) in [6, 6.07) is 54.1. The Kier molecular flexibility index (Phi) is 12.9. The van der Waals surface area contributed by atoms with E-state index in [9.17, 15) is 4.39 Å². The summed E-state index contributed by atoms with van der Waals surface area (Å²) >= 11 is 1.61. The molecule has 0 spiro atoms. The molecule has 0 saturated heterocycles. The second kappa shape index (κ2) is 18.7.